The number of methoxy groups -OCH3 is 1. The van der Waals surface area contributed by atoms with Crippen LogP contribution >= 0.6 is 12.2 Å². The van der Waals surface area contributed by atoms with Crippen molar-refractivity contribution in [3.8, 4) is 5.88 Å². The molecule has 1 aromatic heterocycles. The van der Waals surface area contributed by atoms with Crippen LogP contribution in [0.15, 0.2) is 41.6 Å². The number of ether oxygens (including phenoxy) is 1. The number of hydrogen-bond acceptors (Lipinski definition) is 7. The molecule has 9 nitrogen and oxygen atoms in total. The highest BCUT2D eigenvalue weighted by molar-refractivity contribution is 7.92. The van der Waals surface area contributed by atoms with Gasteiger partial charge in [0.1, 0.15) is 0 Å². The van der Waals surface area contributed by atoms with Gasteiger partial charge in [0.05, 0.1) is 12.0 Å². The first-order valence-corrected chi connectivity index (χ1v) is 8.77. The van der Waals surface area contributed by atoms with Crippen LogP contribution < -0.4 is 20.1 Å². The van der Waals surface area contributed by atoms with E-state index < -0.39 is 10.0 Å². The van der Waals surface area contributed by atoms with Crippen LogP contribution in [-0.2, 0) is 14.8 Å². The summed E-state index contributed by atoms with van der Waals surface area (Å²) in [5.74, 6) is -0.261. The molecule has 132 valence electrons. The molecule has 0 unspecified atom stereocenters. The quantitative estimate of drug-likeness (QED) is 0.659. The molecule has 2 rings (SSSR count). The lowest BCUT2D eigenvalue weighted by Gasteiger charge is -2.11. The van der Waals surface area contributed by atoms with E-state index in [1.807, 2.05) is 0 Å². The van der Waals surface area contributed by atoms with Crippen molar-refractivity contribution in [3.05, 3.63) is 36.7 Å². The molecule has 0 saturated carbocycles. The number of aromatic nitrogens is 2. The summed E-state index contributed by atoms with van der Waals surface area (Å²) in [4.78, 5) is 18.7. The molecule has 0 aliphatic heterocycles. The summed E-state index contributed by atoms with van der Waals surface area (Å²) in [7, 11) is -2.51. The Morgan fingerprint density at radius 1 is 1.16 bits per heavy atom. The average Bonchev–Trinajstić information content (AvgIpc) is 2.54. The number of nitrogens with zero attached hydrogens (tertiary/aromatic N) is 2. The number of anilines is 2. The number of amides is 1. The Labute approximate surface area is 149 Å². The number of sulfonamides is 1. The Balaban J connectivity index is 2.15. The summed E-state index contributed by atoms with van der Waals surface area (Å²) in [5.41, 5.74) is 0.523. The topological polar surface area (TPSA) is 122 Å². The summed E-state index contributed by atoms with van der Waals surface area (Å²) < 4.78 is 32.1. The van der Waals surface area contributed by atoms with Crippen molar-refractivity contribution in [2.24, 2.45) is 0 Å². The molecule has 0 saturated heterocycles. The normalized spacial score (nSPS) is 10.6. The summed E-state index contributed by atoms with van der Waals surface area (Å²) in [5, 5.41) is 5.28. The lowest BCUT2D eigenvalue weighted by Crippen LogP contribution is -2.32. The van der Waals surface area contributed by atoms with Crippen molar-refractivity contribution >= 4 is 44.8 Å². The lowest BCUT2D eigenvalue weighted by molar-refractivity contribution is -0.117. The molecule has 0 aliphatic rings. The highest BCUT2D eigenvalue weighted by Gasteiger charge is 2.18. The highest BCUT2D eigenvalue weighted by atomic mass is 32.2. The van der Waals surface area contributed by atoms with E-state index in [9.17, 15) is 13.2 Å². The van der Waals surface area contributed by atoms with E-state index in [0.717, 1.165) is 0 Å². The third-order valence-electron chi connectivity index (χ3n) is 2.80. The second-order valence-electron chi connectivity index (χ2n) is 4.68. The third-order valence-corrected chi connectivity index (χ3v) is 4.36. The SMILES string of the molecule is COc1nccnc1NS(=O)(=O)c1ccc(NC(=S)NC(C)=O)cc1. The zero-order valence-electron chi connectivity index (χ0n) is 13.3. The molecule has 1 aromatic carbocycles. The van der Waals surface area contributed by atoms with Crippen molar-refractivity contribution in [2.45, 2.75) is 11.8 Å². The van der Waals surface area contributed by atoms with Gasteiger partial charge in [-0.25, -0.2) is 18.4 Å². The first kappa shape index (κ1) is 18.5. The van der Waals surface area contributed by atoms with Crippen LogP contribution in [0, 0.1) is 0 Å². The van der Waals surface area contributed by atoms with Gasteiger partial charge in [-0.2, -0.15) is 0 Å². The maximum Gasteiger partial charge on any atom is 0.263 e. The van der Waals surface area contributed by atoms with Crippen LogP contribution in [0.5, 0.6) is 5.88 Å². The smallest absolute Gasteiger partial charge is 0.263 e. The maximum atomic E-state index is 12.4. The number of hydrogen-bond donors (Lipinski definition) is 3. The van der Waals surface area contributed by atoms with Crippen molar-refractivity contribution < 1.29 is 17.9 Å². The number of benzene rings is 1. The van der Waals surface area contributed by atoms with Crippen LogP contribution in [-0.4, -0.2) is 36.5 Å². The first-order valence-electron chi connectivity index (χ1n) is 6.88. The summed E-state index contributed by atoms with van der Waals surface area (Å²) in [6.45, 7) is 1.33. The van der Waals surface area contributed by atoms with E-state index in [-0.39, 0.29) is 27.6 Å². The van der Waals surface area contributed by atoms with Crippen LogP contribution in [0.4, 0.5) is 11.5 Å². The minimum atomic E-state index is -3.87. The van der Waals surface area contributed by atoms with Crippen LogP contribution in [0.25, 0.3) is 0 Å². The molecule has 0 fully saturated rings. The maximum absolute atomic E-state index is 12.4. The fourth-order valence-electron chi connectivity index (χ4n) is 1.77. The Hall–Kier alpha value is -2.79. The minimum Gasteiger partial charge on any atom is -0.478 e. The molecule has 25 heavy (non-hydrogen) atoms. The van der Waals surface area contributed by atoms with E-state index >= 15 is 0 Å². The highest BCUT2D eigenvalue weighted by Crippen LogP contribution is 2.22. The van der Waals surface area contributed by atoms with E-state index in [1.165, 1.54) is 50.7 Å². The average molecular weight is 381 g/mol. The Morgan fingerprint density at radius 3 is 2.40 bits per heavy atom. The summed E-state index contributed by atoms with van der Waals surface area (Å²) in [6.07, 6.45) is 2.73. The second kappa shape index (κ2) is 7.85. The van der Waals surface area contributed by atoms with Crippen LogP contribution in [0.3, 0.4) is 0 Å². The molecule has 3 N–H and O–H groups in total. The van der Waals surface area contributed by atoms with E-state index in [0.29, 0.717) is 5.69 Å². The molecule has 0 spiro atoms. The fourth-order valence-corrected chi connectivity index (χ4v) is 3.04. The van der Waals surface area contributed by atoms with Gasteiger partial charge >= 0.3 is 0 Å². The fraction of sp³-hybridized carbons (Fsp3) is 0.143. The van der Waals surface area contributed by atoms with Gasteiger partial charge in [-0.05, 0) is 36.5 Å². The molecule has 2 aromatic rings. The number of rotatable bonds is 5. The Bertz CT molecular complexity index is 884. The third kappa shape index (κ3) is 5.09. The van der Waals surface area contributed by atoms with Gasteiger partial charge in [0, 0.05) is 25.0 Å². The predicted octanol–water partition coefficient (Wildman–Crippen LogP) is 1.12. The van der Waals surface area contributed by atoms with Crippen molar-refractivity contribution in [2.75, 3.05) is 17.1 Å². The molecule has 0 aliphatic carbocycles. The summed E-state index contributed by atoms with van der Waals surface area (Å²) in [6, 6.07) is 5.78. The van der Waals surface area contributed by atoms with Crippen molar-refractivity contribution in [1.82, 2.24) is 15.3 Å². The van der Waals surface area contributed by atoms with Gasteiger partial charge in [-0.1, -0.05) is 0 Å². The van der Waals surface area contributed by atoms with Gasteiger partial charge in [-0.15, -0.1) is 0 Å². The predicted molar refractivity (Wildman–Crippen MR) is 95.9 cm³/mol. The Kier molecular flexibility index (Phi) is 5.83. The van der Waals surface area contributed by atoms with Gasteiger partial charge in [0.25, 0.3) is 15.9 Å². The first-order chi connectivity index (χ1) is 11.8. The van der Waals surface area contributed by atoms with Gasteiger partial charge in [-0.3, -0.25) is 9.52 Å². The summed E-state index contributed by atoms with van der Waals surface area (Å²) >= 11 is 4.93. The van der Waals surface area contributed by atoms with E-state index in [2.05, 4.69) is 25.3 Å². The second-order valence-corrected chi connectivity index (χ2v) is 6.77. The molecule has 0 bridgehead atoms. The number of thiocarbonyl (C=S) groups is 1. The molecule has 1 heterocycles. The van der Waals surface area contributed by atoms with Gasteiger partial charge in [0.15, 0.2) is 5.11 Å². The number of carbonyl (C=O) groups is 1. The zero-order chi connectivity index (χ0) is 18.4. The van der Waals surface area contributed by atoms with Crippen molar-refractivity contribution in [3.63, 3.8) is 0 Å². The number of nitrogens with one attached hydrogen (secondary N) is 3. The standard InChI is InChI=1S/C14H15N5O4S2/c1-9(20)17-14(24)18-10-3-5-11(6-4-10)25(21,22)19-12-13(23-2)16-8-7-15-12/h3-8H,1-2H3,(H,15,19)(H2,17,18,20,24). The van der Waals surface area contributed by atoms with E-state index in [4.69, 9.17) is 17.0 Å². The van der Waals surface area contributed by atoms with Crippen LogP contribution in [0.2, 0.25) is 0 Å². The van der Waals surface area contributed by atoms with E-state index in [1.54, 1.807) is 0 Å². The number of carbonyl (C=O) groups excluding carboxylic acids is 1. The van der Waals surface area contributed by atoms with Gasteiger partial charge in [0.2, 0.25) is 11.7 Å². The van der Waals surface area contributed by atoms with Crippen molar-refractivity contribution in [1.29, 1.82) is 0 Å². The molecule has 0 radical (unpaired) electrons. The largest absolute Gasteiger partial charge is 0.478 e. The molecule has 0 atom stereocenters. The minimum absolute atomic E-state index is 0.0104. The Morgan fingerprint density at radius 2 is 1.80 bits per heavy atom. The monoisotopic (exact) mass is 381 g/mol. The zero-order valence-corrected chi connectivity index (χ0v) is 14.9. The molecule has 1 amide bonds. The molecular formula is C14H15N5O4S2. The molecular weight excluding hydrogens is 366 g/mol. The van der Waals surface area contributed by atoms with Gasteiger partial charge < -0.3 is 15.4 Å². The van der Waals surface area contributed by atoms with Crippen LogP contribution in [0.1, 0.15) is 6.92 Å². The lowest BCUT2D eigenvalue weighted by atomic mass is 10.3. The molecule has 11 heteroatoms.